The van der Waals surface area contributed by atoms with Gasteiger partial charge in [-0.15, -0.1) is 0 Å². The first kappa shape index (κ1) is 7.98. The van der Waals surface area contributed by atoms with Crippen LogP contribution in [0.1, 0.15) is 20.3 Å². The van der Waals surface area contributed by atoms with Crippen molar-refractivity contribution in [3.05, 3.63) is 0 Å². The maximum absolute atomic E-state index is 5.48. The highest BCUT2D eigenvalue weighted by molar-refractivity contribution is 4.68. The third-order valence-corrected chi connectivity index (χ3v) is 1.60. The van der Waals surface area contributed by atoms with Gasteiger partial charge in [0.05, 0.1) is 12.7 Å². The second kappa shape index (κ2) is 2.86. The highest BCUT2D eigenvalue weighted by Gasteiger charge is 2.28. The molecule has 0 saturated carbocycles. The van der Waals surface area contributed by atoms with E-state index < -0.39 is 5.79 Å². The van der Waals surface area contributed by atoms with Crippen LogP contribution in [0.15, 0.2) is 0 Å². The van der Waals surface area contributed by atoms with Crippen molar-refractivity contribution < 1.29 is 9.47 Å². The minimum atomic E-state index is -0.428. The van der Waals surface area contributed by atoms with E-state index in [9.17, 15) is 0 Å². The van der Waals surface area contributed by atoms with Gasteiger partial charge < -0.3 is 15.2 Å². The highest BCUT2D eigenvalue weighted by atomic mass is 16.7. The molecule has 60 valence electrons. The molecule has 3 nitrogen and oxygen atoms in total. The van der Waals surface area contributed by atoms with Crippen molar-refractivity contribution in [2.75, 3.05) is 13.2 Å². The van der Waals surface area contributed by atoms with Gasteiger partial charge in [0, 0.05) is 6.54 Å². The molecule has 1 atom stereocenters. The van der Waals surface area contributed by atoms with E-state index in [0.717, 1.165) is 13.0 Å². The fraction of sp³-hybridized carbons (Fsp3) is 1.00. The van der Waals surface area contributed by atoms with E-state index in [4.69, 9.17) is 15.2 Å². The molecule has 1 unspecified atom stereocenters. The van der Waals surface area contributed by atoms with Gasteiger partial charge in [0.1, 0.15) is 0 Å². The van der Waals surface area contributed by atoms with Crippen LogP contribution in [0, 0.1) is 0 Å². The monoisotopic (exact) mass is 145 g/mol. The predicted molar refractivity (Wildman–Crippen MR) is 38.6 cm³/mol. The first-order chi connectivity index (χ1) is 4.64. The summed E-state index contributed by atoms with van der Waals surface area (Å²) in [6.07, 6.45) is 1.10. The third-order valence-electron chi connectivity index (χ3n) is 1.60. The standard InChI is InChI=1S/C7H15NO2/c1-7(2)9-4-3-6(5-8)10-7/h6H,3-5,8H2,1-2H3. The van der Waals surface area contributed by atoms with Crippen molar-refractivity contribution in [1.29, 1.82) is 0 Å². The fourth-order valence-electron chi connectivity index (χ4n) is 1.10. The van der Waals surface area contributed by atoms with Crippen LogP contribution in [-0.2, 0) is 9.47 Å². The SMILES string of the molecule is CC1(C)OCCC(CN)O1. The lowest BCUT2D eigenvalue weighted by molar-refractivity contribution is -0.270. The van der Waals surface area contributed by atoms with Crippen LogP contribution in [0.25, 0.3) is 0 Å². The number of hydrogen-bond acceptors (Lipinski definition) is 3. The Morgan fingerprint density at radius 3 is 2.70 bits per heavy atom. The minimum absolute atomic E-state index is 0.184. The molecule has 0 aromatic carbocycles. The number of hydrogen-bond donors (Lipinski definition) is 1. The third kappa shape index (κ3) is 1.94. The number of rotatable bonds is 1. The molecule has 10 heavy (non-hydrogen) atoms. The Morgan fingerprint density at radius 2 is 2.30 bits per heavy atom. The summed E-state index contributed by atoms with van der Waals surface area (Å²) in [6.45, 7) is 5.17. The summed E-state index contributed by atoms with van der Waals surface area (Å²) in [7, 11) is 0. The Bertz CT molecular complexity index is 114. The van der Waals surface area contributed by atoms with Gasteiger partial charge in [-0.3, -0.25) is 0 Å². The Kier molecular flexibility index (Phi) is 2.28. The summed E-state index contributed by atoms with van der Waals surface area (Å²) in [5, 5.41) is 0. The van der Waals surface area contributed by atoms with Crippen LogP contribution in [0.5, 0.6) is 0 Å². The molecule has 1 aliphatic heterocycles. The summed E-state index contributed by atoms with van der Waals surface area (Å²) < 4.78 is 10.8. The molecule has 1 heterocycles. The lowest BCUT2D eigenvalue weighted by atomic mass is 10.2. The van der Waals surface area contributed by atoms with E-state index in [1.807, 2.05) is 13.8 Å². The molecule has 0 spiro atoms. The lowest BCUT2D eigenvalue weighted by Gasteiger charge is -2.35. The van der Waals surface area contributed by atoms with Gasteiger partial charge in [-0.05, 0) is 20.3 Å². The van der Waals surface area contributed by atoms with Crippen molar-refractivity contribution >= 4 is 0 Å². The van der Waals surface area contributed by atoms with Gasteiger partial charge in [0.2, 0.25) is 0 Å². The Morgan fingerprint density at radius 1 is 1.60 bits per heavy atom. The number of nitrogens with two attached hydrogens (primary N) is 1. The van der Waals surface area contributed by atoms with Crippen LogP contribution >= 0.6 is 0 Å². The van der Waals surface area contributed by atoms with E-state index in [0.29, 0.717) is 6.54 Å². The smallest absolute Gasteiger partial charge is 0.163 e. The van der Waals surface area contributed by atoms with Gasteiger partial charge in [0.25, 0.3) is 0 Å². The quantitative estimate of drug-likeness (QED) is 0.584. The van der Waals surface area contributed by atoms with Crippen molar-refractivity contribution in [2.24, 2.45) is 5.73 Å². The molecular formula is C7H15NO2. The molecule has 0 bridgehead atoms. The molecule has 1 saturated heterocycles. The molecule has 2 N–H and O–H groups in total. The average molecular weight is 145 g/mol. The van der Waals surface area contributed by atoms with E-state index in [1.54, 1.807) is 0 Å². The Balaban J connectivity index is 2.40. The zero-order valence-electron chi connectivity index (χ0n) is 6.59. The first-order valence-corrected chi connectivity index (χ1v) is 3.66. The van der Waals surface area contributed by atoms with Gasteiger partial charge in [-0.1, -0.05) is 0 Å². The predicted octanol–water partition coefficient (Wildman–Crippen LogP) is 0.487. The molecule has 0 radical (unpaired) electrons. The first-order valence-electron chi connectivity index (χ1n) is 3.66. The van der Waals surface area contributed by atoms with E-state index in [2.05, 4.69) is 0 Å². The van der Waals surface area contributed by atoms with E-state index in [-0.39, 0.29) is 6.10 Å². The van der Waals surface area contributed by atoms with Crippen LogP contribution < -0.4 is 5.73 Å². The molecule has 3 heteroatoms. The van der Waals surface area contributed by atoms with Crippen LogP contribution in [0.4, 0.5) is 0 Å². The van der Waals surface area contributed by atoms with E-state index in [1.165, 1.54) is 0 Å². The second-order valence-corrected chi connectivity index (χ2v) is 3.01. The number of ether oxygens (including phenoxy) is 2. The Hall–Kier alpha value is -0.120. The maximum atomic E-state index is 5.48. The van der Waals surface area contributed by atoms with Crippen molar-refractivity contribution in [2.45, 2.75) is 32.2 Å². The average Bonchev–Trinajstić information content (AvgIpc) is 1.86. The fourth-order valence-corrected chi connectivity index (χ4v) is 1.10. The Labute approximate surface area is 61.5 Å². The molecule has 1 aliphatic rings. The van der Waals surface area contributed by atoms with Crippen molar-refractivity contribution in [3.63, 3.8) is 0 Å². The highest BCUT2D eigenvalue weighted by Crippen LogP contribution is 2.20. The van der Waals surface area contributed by atoms with E-state index >= 15 is 0 Å². The topological polar surface area (TPSA) is 44.5 Å². The van der Waals surface area contributed by atoms with Gasteiger partial charge in [-0.2, -0.15) is 0 Å². The molecule has 0 aromatic rings. The summed E-state index contributed by atoms with van der Waals surface area (Å²) in [4.78, 5) is 0. The summed E-state index contributed by atoms with van der Waals surface area (Å²) in [5.74, 6) is -0.428. The zero-order chi connectivity index (χ0) is 7.61. The molecule has 0 amide bonds. The maximum Gasteiger partial charge on any atom is 0.163 e. The van der Waals surface area contributed by atoms with Crippen molar-refractivity contribution in [1.82, 2.24) is 0 Å². The van der Waals surface area contributed by atoms with Crippen LogP contribution in [0.3, 0.4) is 0 Å². The van der Waals surface area contributed by atoms with Gasteiger partial charge >= 0.3 is 0 Å². The summed E-state index contributed by atoms with van der Waals surface area (Å²) in [5.41, 5.74) is 5.44. The molecule has 1 fully saturated rings. The van der Waals surface area contributed by atoms with Gasteiger partial charge in [-0.25, -0.2) is 0 Å². The normalized spacial score (nSPS) is 32.1. The van der Waals surface area contributed by atoms with Gasteiger partial charge in [0.15, 0.2) is 5.79 Å². The van der Waals surface area contributed by atoms with Crippen LogP contribution in [-0.4, -0.2) is 25.0 Å². The largest absolute Gasteiger partial charge is 0.350 e. The summed E-state index contributed by atoms with van der Waals surface area (Å²) >= 11 is 0. The molecule has 1 rings (SSSR count). The molecular weight excluding hydrogens is 130 g/mol. The summed E-state index contributed by atoms with van der Waals surface area (Å²) in [6, 6.07) is 0. The molecule has 0 aromatic heterocycles. The minimum Gasteiger partial charge on any atom is -0.350 e. The van der Waals surface area contributed by atoms with Crippen molar-refractivity contribution in [3.8, 4) is 0 Å². The lowest BCUT2D eigenvalue weighted by Crippen LogP contribution is -2.42. The second-order valence-electron chi connectivity index (χ2n) is 3.01. The zero-order valence-corrected chi connectivity index (χ0v) is 6.59. The molecule has 0 aliphatic carbocycles. The van der Waals surface area contributed by atoms with Crippen LogP contribution in [0.2, 0.25) is 0 Å².